The predicted octanol–water partition coefficient (Wildman–Crippen LogP) is 4.14. The van der Waals surface area contributed by atoms with E-state index < -0.39 is 24.5 Å². The minimum Gasteiger partial charge on any atom is -0.294 e. The third-order valence-electron chi connectivity index (χ3n) is 2.82. The molecule has 1 nitrogen and oxygen atoms in total. The fourth-order valence-corrected chi connectivity index (χ4v) is 1.92. The first-order chi connectivity index (χ1) is 9.07. The zero-order chi connectivity index (χ0) is 13.7. The van der Waals surface area contributed by atoms with Crippen LogP contribution in [0, 0.1) is 0 Å². The largest absolute Gasteiger partial charge is 0.294 e. The molecule has 0 N–H and O–H groups in total. The summed E-state index contributed by atoms with van der Waals surface area (Å²) in [6.45, 7) is 0. The zero-order valence-corrected chi connectivity index (χ0v) is 10.4. The number of hydrogen-bond donors (Lipinski definition) is 0. The van der Waals surface area contributed by atoms with Gasteiger partial charge in [0.15, 0.2) is 5.78 Å². The molecule has 0 saturated heterocycles. The minimum atomic E-state index is -3.02. The van der Waals surface area contributed by atoms with Gasteiger partial charge in [0.05, 0.1) is 6.42 Å². The van der Waals surface area contributed by atoms with Crippen LogP contribution < -0.4 is 0 Å². The average molecular weight is 260 g/mol. The summed E-state index contributed by atoms with van der Waals surface area (Å²) >= 11 is 0. The van der Waals surface area contributed by atoms with Crippen molar-refractivity contribution in [3.8, 4) is 0 Å². The summed E-state index contributed by atoms with van der Waals surface area (Å²) in [6.07, 6.45) is -1.17. The molecule has 3 heteroatoms. The summed E-state index contributed by atoms with van der Waals surface area (Å²) < 4.78 is 27.6. The standard InChI is InChI=1S/C16H14F2O/c17-16(18,11-13-7-3-1-4-8-13)12-15(19)14-9-5-2-6-10-14/h1-10H,11-12H2. The second-order valence-corrected chi connectivity index (χ2v) is 4.48. The number of benzene rings is 2. The van der Waals surface area contributed by atoms with Gasteiger partial charge in [-0.2, -0.15) is 0 Å². The van der Waals surface area contributed by atoms with Gasteiger partial charge < -0.3 is 0 Å². The van der Waals surface area contributed by atoms with Crippen LogP contribution in [0.2, 0.25) is 0 Å². The van der Waals surface area contributed by atoms with Crippen molar-refractivity contribution in [2.45, 2.75) is 18.8 Å². The van der Waals surface area contributed by atoms with Crippen LogP contribution in [0.1, 0.15) is 22.3 Å². The fourth-order valence-electron chi connectivity index (χ4n) is 1.92. The summed E-state index contributed by atoms with van der Waals surface area (Å²) in [6, 6.07) is 16.7. The number of rotatable bonds is 5. The van der Waals surface area contributed by atoms with Crippen molar-refractivity contribution in [1.82, 2.24) is 0 Å². The Morgan fingerprint density at radius 1 is 0.895 bits per heavy atom. The Hall–Kier alpha value is -2.03. The van der Waals surface area contributed by atoms with Gasteiger partial charge in [0.1, 0.15) is 0 Å². The van der Waals surface area contributed by atoms with E-state index in [2.05, 4.69) is 0 Å². The van der Waals surface area contributed by atoms with Crippen molar-refractivity contribution in [1.29, 1.82) is 0 Å². The van der Waals surface area contributed by atoms with E-state index in [1.165, 1.54) is 0 Å². The summed E-state index contributed by atoms with van der Waals surface area (Å²) in [7, 11) is 0. The molecule has 98 valence electrons. The van der Waals surface area contributed by atoms with E-state index >= 15 is 0 Å². The number of carbonyl (C=O) groups is 1. The Labute approximate surface area is 110 Å². The second kappa shape index (κ2) is 5.74. The van der Waals surface area contributed by atoms with Crippen molar-refractivity contribution in [3.63, 3.8) is 0 Å². The Morgan fingerprint density at radius 3 is 2.00 bits per heavy atom. The smallest absolute Gasteiger partial charge is 0.259 e. The molecule has 0 amide bonds. The number of Topliss-reactive ketones (excluding diaryl/α,β-unsaturated/α-hetero) is 1. The Balaban J connectivity index is 2.03. The molecule has 0 aromatic heterocycles. The van der Waals surface area contributed by atoms with Gasteiger partial charge in [-0.1, -0.05) is 60.7 Å². The molecule has 0 unspecified atom stereocenters. The monoisotopic (exact) mass is 260 g/mol. The van der Waals surface area contributed by atoms with Gasteiger partial charge >= 0.3 is 0 Å². The first-order valence-electron chi connectivity index (χ1n) is 6.07. The Bertz CT molecular complexity index is 535. The molecule has 0 aliphatic rings. The summed E-state index contributed by atoms with van der Waals surface area (Å²) in [5.41, 5.74) is 0.864. The van der Waals surface area contributed by atoms with E-state index in [9.17, 15) is 13.6 Å². The van der Waals surface area contributed by atoms with Gasteiger partial charge in [0.25, 0.3) is 5.92 Å². The highest BCUT2D eigenvalue weighted by Crippen LogP contribution is 2.25. The molecule has 0 fully saturated rings. The quantitative estimate of drug-likeness (QED) is 0.738. The summed E-state index contributed by atoms with van der Waals surface area (Å²) in [5.74, 6) is -3.55. The average Bonchev–Trinajstić information content (AvgIpc) is 2.39. The molecule has 0 aliphatic carbocycles. The van der Waals surface area contributed by atoms with Crippen LogP contribution in [0.4, 0.5) is 8.78 Å². The molecular formula is C16H14F2O. The maximum Gasteiger partial charge on any atom is 0.259 e. The first-order valence-corrected chi connectivity index (χ1v) is 6.07. The van der Waals surface area contributed by atoms with Crippen molar-refractivity contribution >= 4 is 5.78 Å². The van der Waals surface area contributed by atoms with Crippen LogP contribution in [0.3, 0.4) is 0 Å². The number of alkyl halides is 2. The van der Waals surface area contributed by atoms with E-state index in [1.807, 2.05) is 0 Å². The van der Waals surface area contributed by atoms with Crippen LogP contribution in [-0.4, -0.2) is 11.7 Å². The maximum absolute atomic E-state index is 13.8. The van der Waals surface area contributed by atoms with Gasteiger partial charge in [0.2, 0.25) is 0 Å². The molecule has 2 aromatic rings. The Morgan fingerprint density at radius 2 is 1.42 bits per heavy atom. The predicted molar refractivity (Wildman–Crippen MR) is 70.5 cm³/mol. The molecule has 19 heavy (non-hydrogen) atoms. The number of ketones is 1. The van der Waals surface area contributed by atoms with Gasteiger partial charge in [-0.15, -0.1) is 0 Å². The highest BCUT2D eigenvalue weighted by molar-refractivity contribution is 5.96. The highest BCUT2D eigenvalue weighted by atomic mass is 19.3. The van der Waals surface area contributed by atoms with Crippen LogP contribution in [-0.2, 0) is 6.42 Å². The Kier molecular flexibility index (Phi) is 4.05. The van der Waals surface area contributed by atoms with Crippen molar-refractivity contribution in [3.05, 3.63) is 71.8 Å². The van der Waals surface area contributed by atoms with E-state index in [0.29, 0.717) is 11.1 Å². The third-order valence-corrected chi connectivity index (χ3v) is 2.82. The summed E-state index contributed by atoms with van der Waals surface area (Å²) in [5, 5.41) is 0. The lowest BCUT2D eigenvalue weighted by molar-refractivity contribution is -0.00215. The van der Waals surface area contributed by atoms with Crippen LogP contribution in [0.25, 0.3) is 0 Å². The van der Waals surface area contributed by atoms with Crippen LogP contribution >= 0.6 is 0 Å². The molecular weight excluding hydrogens is 246 g/mol. The van der Waals surface area contributed by atoms with Crippen LogP contribution in [0.15, 0.2) is 60.7 Å². The molecule has 2 aromatic carbocycles. The molecule has 0 spiro atoms. The summed E-state index contributed by atoms with van der Waals surface area (Å²) in [4.78, 5) is 11.8. The van der Waals surface area contributed by atoms with Gasteiger partial charge in [0, 0.05) is 12.0 Å². The van der Waals surface area contributed by atoms with E-state index in [-0.39, 0.29) is 0 Å². The van der Waals surface area contributed by atoms with Gasteiger partial charge in [-0.05, 0) is 5.56 Å². The minimum absolute atomic E-state index is 0.329. The van der Waals surface area contributed by atoms with Crippen molar-refractivity contribution in [2.75, 3.05) is 0 Å². The van der Waals surface area contributed by atoms with E-state index in [0.717, 1.165) is 0 Å². The molecule has 2 rings (SSSR count). The lowest BCUT2D eigenvalue weighted by atomic mass is 9.99. The molecule has 0 saturated carbocycles. The van der Waals surface area contributed by atoms with E-state index in [1.54, 1.807) is 60.7 Å². The number of hydrogen-bond acceptors (Lipinski definition) is 1. The number of halogens is 2. The van der Waals surface area contributed by atoms with E-state index in [4.69, 9.17) is 0 Å². The van der Waals surface area contributed by atoms with Crippen molar-refractivity contribution < 1.29 is 13.6 Å². The first kappa shape index (κ1) is 13.4. The highest BCUT2D eigenvalue weighted by Gasteiger charge is 2.32. The SMILES string of the molecule is O=C(CC(F)(F)Cc1ccccc1)c1ccccc1. The zero-order valence-electron chi connectivity index (χ0n) is 10.4. The maximum atomic E-state index is 13.8. The van der Waals surface area contributed by atoms with Gasteiger partial charge in [-0.3, -0.25) is 4.79 Å². The molecule has 0 radical (unpaired) electrons. The molecule has 0 heterocycles. The molecule has 0 aliphatic heterocycles. The third kappa shape index (κ3) is 3.98. The fraction of sp³-hybridized carbons (Fsp3) is 0.188. The topological polar surface area (TPSA) is 17.1 Å². The normalized spacial score (nSPS) is 11.3. The number of carbonyl (C=O) groups excluding carboxylic acids is 1. The molecule has 0 atom stereocenters. The molecule has 0 bridgehead atoms. The lowest BCUT2D eigenvalue weighted by Gasteiger charge is -2.15. The lowest BCUT2D eigenvalue weighted by Crippen LogP contribution is -2.24. The second-order valence-electron chi connectivity index (χ2n) is 4.48. The van der Waals surface area contributed by atoms with Crippen molar-refractivity contribution in [2.24, 2.45) is 0 Å². The van der Waals surface area contributed by atoms with Gasteiger partial charge in [-0.25, -0.2) is 8.78 Å². The van der Waals surface area contributed by atoms with Crippen LogP contribution in [0.5, 0.6) is 0 Å².